The molecule has 2 aromatic rings. The molecule has 0 amide bonds. The van der Waals surface area contributed by atoms with Gasteiger partial charge in [-0.3, -0.25) is 10.1 Å². The van der Waals surface area contributed by atoms with Crippen LogP contribution >= 0.6 is 0 Å². The summed E-state index contributed by atoms with van der Waals surface area (Å²) in [6.07, 6.45) is 1.22. The van der Waals surface area contributed by atoms with Gasteiger partial charge in [-0.1, -0.05) is 6.07 Å². The van der Waals surface area contributed by atoms with Gasteiger partial charge in [0.1, 0.15) is 6.33 Å². The average molecular weight is 318 g/mol. The normalized spacial score (nSPS) is 12.0. The first-order valence-electron chi connectivity index (χ1n) is 6.93. The van der Waals surface area contributed by atoms with Crippen molar-refractivity contribution in [2.24, 2.45) is 0 Å². The van der Waals surface area contributed by atoms with Crippen LogP contribution in [0.4, 0.5) is 11.5 Å². The predicted molar refractivity (Wildman–Crippen MR) is 79.7 cm³/mol. The maximum absolute atomic E-state index is 11.3. The summed E-state index contributed by atoms with van der Waals surface area (Å²) in [5.41, 5.74) is 0.593. The third-order valence-corrected chi connectivity index (χ3v) is 3.15. The van der Waals surface area contributed by atoms with Crippen LogP contribution in [0.2, 0.25) is 0 Å². The maximum Gasteiger partial charge on any atom is 0.372 e. The summed E-state index contributed by atoms with van der Waals surface area (Å²) in [7, 11) is 0. The van der Waals surface area contributed by atoms with Crippen LogP contribution in [0.15, 0.2) is 24.5 Å². The molecule has 1 aliphatic rings. The van der Waals surface area contributed by atoms with E-state index in [2.05, 4.69) is 15.3 Å². The fourth-order valence-electron chi connectivity index (χ4n) is 2.14. The molecule has 0 saturated carbocycles. The zero-order chi connectivity index (χ0) is 16.2. The lowest BCUT2D eigenvalue weighted by Gasteiger charge is -2.09. The Balaban J connectivity index is 1.80. The van der Waals surface area contributed by atoms with Gasteiger partial charge in [-0.15, -0.1) is 0 Å². The van der Waals surface area contributed by atoms with E-state index in [9.17, 15) is 10.1 Å². The van der Waals surface area contributed by atoms with Gasteiger partial charge in [-0.25, -0.2) is 4.98 Å². The van der Waals surface area contributed by atoms with E-state index < -0.39 is 4.92 Å². The number of hydrogen-bond donors (Lipinski definition) is 1. The summed E-state index contributed by atoms with van der Waals surface area (Å²) in [6, 6.07) is 5.45. The van der Waals surface area contributed by atoms with Gasteiger partial charge in [0.15, 0.2) is 11.5 Å². The summed E-state index contributed by atoms with van der Waals surface area (Å²) < 4.78 is 15.7. The minimum absolute atomic E-state index is 0.0549. The highest BCUT2D eigenvalue weighted by atomic mass is 16.7. The Morgan fingerprint density at radius 1 is 1.35 bits per heavy atom. The SMILES string of the molecule is CCOc1ncnc(NCc2ccc3c(c2)OCO3)c1[N+](=O)[O-]. The molecule has 1 aliphatic heterocycles. The van der Waals surface area contributed by atoms with Gasteiger partial charge in [0.25, 0.3) is 5.88 Å². The Hall–Kier alpha value is -3.10. The van der Waals surface area contributed by atoms with Crippen molar-refractivity contribution in [3.63, 3.8) is 0 Å². The molecule has 0 atom stereocenters. The van der Waals surface area contributed by atoms with Crippen molar-refractivity contribution in [3.8, 4) is 17.4 Å². The van der Waals surface area contributed by atoms with Gasteiger partial charge in [0.05, 0.1) is 11.5 Å². The zero-order valence-electron chi connectivity index (χ0n) is 12.3. The van der Waals surface area contributed by atoms with Crippen LogP contribution in [0.5, 0.6) is 17.4 Å². The Labute approximate surface area is 131 Å². The topological polar surface area (TPSA) is 109 Å². The second-order valence-corrected chi connectivity index (χ2v) is 4.61. The largest absolute Gasteiger partial charge is 0.473 e. The molecule has 9 heteroatoms. The molecule has 0 saturated heterocycles. The second-order valence-electron chi connectivity index (χ2n) is 4.61. The van der Waals surface area contributed by atoms with Crippen LogP contribution in [0, 0.1) is 10.1 Å². The van der Waals surface area contributed by atoms with E-state index in [0.717, 1.165) is 5.56 Å². The Morgan fingerprint density at radius 3 is 2.96 bits per heavy atom. The van der Waals surface area contributed by atoms with E-state index in [-0.39, 0.29) is 30.8 Å². The third kappa shape index (κ3) is 3.07. The van der Waals surface area contributed by atoms with Gasteiger partial charge in [0.2, 0.25) is 12.6 Å². The van der Waals surface area contributed by atoms with E-state index in [1.165, 1.54) is 6.33 Å². The Bertz CT molecular complexity index is 737. The summed E-state index contributed by atoms with van der Waals surface area (Å²) in [4.78, 5) is 18.4. The first-order valence-corrected chi connectivity index (χ1v) is 6.93. The number of fused-ring (bicyclic) bond motifs is 1. The second kappa shape index (κ2) is 6.34. The summed E-state index contributed by atoms with van der Waals surface area (Å²) >= 11 is 0. The number of nitro groups is 1. The number of nitrogens with one attached hydrogen (secondary N) is 1. The van der Waals surface area contributed by atoms with E-state index >= 15 is 0 Å². The van der Waals surface area contributed by atoms with Crippen molar-refractivity contribution in [2.75, 3.05) is 18.7 Å². The Kier molecular flexibility index (Phi) is 4.09. The molecule has 120 valence electrons. The van der Waals surface area contributed by atoms with E-state index in [1.54, 1.807) is 13.0 Å². The van der Waals surface area contributed by atoms with Crippen LogP contribution in [0.1, 0.15) is 12.5 Å². The number of hydrogen-bond acceptors (Lipinski definition) is 8. The van der Waals surface area contributed by atoms with E-state index in [1.807, 2.05) is 12.1 Å². The van der Waals surface area contributed by atoms with Crippen molar-refractivity contribution >= 4 is 11.5 Å². The van der Waals surface area contributed by atoms with Crippen LogP contribution in [0.25, 0.3) is 0 Å². The minimum Gasteiger partial charge on any atom is -0.473 e. The molecule has 0 spiro atoms. The fraction of sp³-hybridized carbons (Fsp3) is 0.286. The number of nitrogens with zero attached hydrogens (tertiary/aromatic N) is 3. The molecule has 0 fully saturated rings. The number of benzene rings is 1. The number of ether oxygens (including phenoxy) is 3. The molecule has 1 aromatic carbocycles. The van der Waals surface area contributed by atoms with Crippen LogP contribution in [-0.2, 0) is 6.54 Å². The van der Waals surface area contributed by atoms with Crippen LogP contribution in [0.3, 0.4) is 0 Å². The lowest BCUT2D eigenvalue weighted by Crippen LogP contribution is -2.08. The van der Waals surface area contributed by atoms with Gasteiger partial charge in [-0.05, 0) is 24.6 Å². The molecule has 0 radical (unpaired) electrons. The predicted octanol–water partition coefficient (Wildman–Crippen LogP) is 2.12. The lowest BCUT2D eigenvalue weighted by atomic mass is 10.2. The van der Waals surface area contributed by atoms with Crippen molar-refractivity contribution in [1.82, 2.24) is 9.97 Å². The van der Waals surface area contributed by atoms with Crippen molar-refractivity contribution < 1.29 is 19.1 Å². The van der Waals surface area contributed by atoms with Crippen molar-refractivity contribution in [1.29, 1.82) is 0 Å². The van der Waals surface area contributed by atoms with Gasteiger partial charge in [-0.2, -0.15) is 4.98 Å². The lowest BCUT2D eigenvalue weighted by molar-refractivity contribution is -0.385. The fourth-order valence-corrected chi connectivity index (χ4v) is 2.14. The molecule has 2 heterocycles. The third-order valence-electron chi connectivity index (χ3n) is 3.15. The van der Waals surface area contributed by atoms with Gasteiger partial charge < -0.3 is 19.5 Å². The Morgan fingerprint density at radius 2 is 2.17 bits per heavy atom. The highest BCUT2D eigenvalue weighted by molar-refractivity contribution is 5.61. The number of rotatable bonds is 6. The quantitative estimate of drug-likeness (QED) is 0.637. The smallest absolute Gasteiger partial charge is 0.372 e. The summed E-state index contributed by atoms with van der Waals surface area (Å²) in [6.45, 7) is 2.53. The standard InChI is InChI=1S/C14H14N4O5/c1-2-21-14-12(18(19)20)13(16-7-17-14)15-6-9-3-4-10-11(5-9)23-8-22-10/h3-5,7H,2,6,8H2,1H3,(H,15,16,17). The summed E-state index contributed by atoms with van der Waals surface area (Å²) in [5, 5.41) is 14.2. The molecular formula is C14H14N4O5. The van der Waals surface area contributed by atoms with E-state index in [4.69, 9.17) is 14.2 Å². The monoisotopic (exact) mass is 318 g/mol. The molecule has 0 bridgehead atoms. The molecular weight excluding hydrogens is 304 g/mol. The molecule has 1 N–H and O–H groups in total. The average Bonchev–Trinajstić information content (AvgIpc) is 3.00. The van der Waals surface area contributed by atoms with Gasteiger partial charge >= 0.3 is 5.69 Å². The summed E-state index contributed by atoms with van der Waals surface area (Å²) in [5.74, 6) is 1.38. The zero-order valence-corrected chi connectivity index (χ0v) is 12.3. The first-order chi connectivity index (χ1) is 11.2. The van der Waals surface area contributed by atoms with E-state index in [0.29, 0.717) is 18.0 Å². The number of aromatic nitrogens is 2. The minimum atomic E-state index is -0.563. The van der Waals surface area contributed by atoms with Gasteiger partial charge in [0, 0.05) is 6.54 Å². The molecule has 9 nitrogen and oxygen atoms in total. The molecule has 3 rings (SSSR count). The first kappa shape index (κ1) is 14.8. The highest BCUT2D eigenvalue weighted by Crippen LogP contribution is 2.34. The molecule has 1 aromatic heterocycles. The van der Waals surface area contributed by atoms with Crippen LogP contribution in [-0.4, -0.2) is 28.3 Å². The molecule has 23 heavy (non-hydrogen) atoms. The van der Waals surface area contributed by atoms with Crippen LogP contribution < -0.4 is 19.5 Å². The van der Waals surface area contributed by atoms with Crippen molar-refractivity contribution in [2.45, 2.75) is 13.5 Å². The highest BCUT2D eigenvalue weighted by Gasteiger charge is 2.24. The van der Waals surface area contributed by atoms with Crippen molar-refractivity contribution in [3.05, 3.63) is 40.2 Å². The molecule has 0 unspecified atom stereocenters. The molecule has 0 aliphatic carbocycles. The number of anilines is 1. The maximum atomic E-state index is 11.3.